The van der Waals surface area contributed by atoms with E-state index < -0.39 is 23.1 Å². The quantitative estimate of drug-likeness (QED) is 0.439. The van der Waals surface area contributed by atoms with Gasteiger partial charge in [0, 0.05) is 19.7 Å². The molecule has 0 atom stereocenters. The first-order valence-electron chi connectivity index (χ1n) is 8.06. The summed E-state index contributed by atoms with van der Waals surface area (Å²) in [6.45, 7) is -0.262. The van der Waals surface area contributed by atoms with E-state index in [9.17, 15) is 19.2 Å². The van der Waals surface area contributed by atoms with Crippen LogP contribution in [-0.4, -0.2) is 41.9 Å². The number of hydrogen-bond acceptors (Lipinski definition) is 6. The van der Waals surface area contributed by atoms with Crippen molar-refractivity contribution in [2.45, 2.75) is 6.54 Å². The molecule has 11 heteroatoms. The average Bonchev–Trinajstić information content (AvgIpc) is 3.08. The van der Waals surface area contributed by atoms with Crippen LogP contribution >= 0.6 is 0 Å². The van der Waals surface area contributed by atoms with E-state index in [1.54, 1.807) is 18.2 Å². The third-order valence-electron chi connectivity index (χ3n) is 4.12. The van der Waals surface area contributed by atoms with E-state index in [0.717, 1.165) is 4.57 Å². The van der Waals surface area contributed by atoms with Crippen LogP contribution in [-0.2, 0) is 25.4 Å². The van der Waals surface area contributed by atoms with Gasteiger partial charge in [0.2, 0.25) is 0 Å². The molecule has 0 saturated carbocycles. The minimum absolute atomic E-state index is 0.0468. The zero-order valence-electron chi connectivity index (χ0n) is 15.0. The molecule has 0 spiro atoms. The molecule has 28 heavy (non-hydrogen) atoms. The van der Waals surface area contributed by atoms with Crippen molar-refractivity contribution >= 4 is 29.3 Å². The second-order valence-corrected chi connectivity index (χ2v) is 5.94. The van der Waals surface area contributed by atoms with Crippen LogP contribution in [0.25, 0.3) is 11.2 Å². The van der Waals surface area contributed by atoms with Crippen molar-refractivity contribution in [1.29, 1.82) is 0 Å². The maximum absolute atomic E-state index is 12.3. The van der Waals surface area contributed by atoms with Crippen molar-refractivity contribution in [3.8, 4) is 0 Å². The average molecular weight is 384 g/mol. The van der Waals surface area contributed by atoms with Gasteiger partial charge in [0.1, 0.15) is 6.54 Å². The Labute approximate surface area is 157 Å². The van der Waals surface area contributed by atoms with Crippen molar-refractivity contribution in [3.05, 3.63) is 62.6 Å². The van der Waals surface area contributed by atoms with Crippen LogP contribution in [0.1, 0.15) is 15.9 Å². The van der Waals surface area contributed by atoms with Gasteiger partial charge in [0.05, 0.1) is 18.1 Å². The van der Waals surface area contributed by atoms with Crippen LogP contribution in [0.15, 0.2) is 45.3 Å². The number of benzene rings is 1. The minimum Gasteiger partial charge on any atom is -0.478 e. The third-order valence-corrected chi connectivity index (χ3v) is 4.12. The SMILES string of the molecule is Cn1c(=O)c2c(ncn2CC(=O)N/N=C/c2ccccc2C(=O)O)n(C)c1=O. The number of carbonyl (C=O) groups excluding carboxylic acids is 1. The van der Waals surface area contributed by atoms with Crippen LogP contribution in [0.4, 0.5) is 0 Å². The zero-order valence-corrected chi connectivity index (χ0v) is 15.0. The maximum atomic E-state index is 12.3. The summed E-state index contributed by atoms with van der Waals surface area (Å²) in [4.78, 5) is 51.6. The second-order valence-electron chi connectivity index (χ2n) is 5.94. The van der Waals surface area contributed by atoms with Gasteiger partial charge in [-0.3, -0.25) is 18.7 Å². The summed E-state index contributed by atoms with van der Waals surface area (Å²) in [7, 11) is 2.82. The molecule has 0 bridgehead atoms. The summed E-state index contributed by atoms with van der Waals surface area (Å²) in [6, 6.07) is 6.19. The first-order valence-corrected chi connectivity index (χ1v) is 8.06. The Bertz CT molecular complexity index is 1230. The normalized spacial score (nSPS) is 11.2. The predicted molar refractivity (Wildman–Crippen MR) is 99.4 cm³/mol. The van der Waals surface area contributed by atoms with Crippen molar-refractivity contribution in [3.63, 3.8) is 0 Å². The lowest BCUT2D eigenvalue weighted by Crippen LogP contribution is -2.38. The highest BCUT2D eigenvalue weighted by molar-refractivity contribution is 5.98. The van der Waals surface area contributed by atoms with E-state index in [2.05, 4.69) is 15.5 Å². The number of carbonyl (C=O) groups is 2. The Morgan fingerprint density at radius 3 is 2.64 bits per heavy atom. The fourth-order valence-corrected chi connectivity index (χ4v) is 2.69. The van der Waals surface area contributed by atoms with Gasteiger partial charge in [0.25, 0.3) is 11.5 Å². The van der Waals surface area contributed by atoms with E-state index >= 15 is 0 Å². The van der Waals surface area contributed by atoms with Gasteiger partial charge in [-0.2, -0.15) is 5.10 Å². The number of carboxylic acids is 1. The van der Waals surface area contributed by atoms with Crippen LogP contribution in [0.2, 0.25) is 0 Å². The predicted octanol–water partition coefficient (Wildman–Crippen LogP) is -0.718. The van der Waals surface area contributed by atoms with E-state index in [1.165, 1.54) is 41.8 Å². The molecule has 1 aromatic carbocycles. The molecule has 0 saturated heterocycles. The Kier molecular flexibility index (Phi) is 4.90. The minimum atomic E-state index is -1.11. The summed E-state index contributed by atoms with van der Waals surface area (Å²) < 4.78 is 3.46. The van der Waals surface area contributed by atoms with Gasteiger partial charge in [-0.05, 0) is 6.07 Å². The number of rotatable bonds is 5. The molecular formula is C17H16N6O5. The number of hydrogen-bond donors (Lipinski definition) is 2. The molecule has 0 fully saturated rings. The second kappa shape index (κ2) is 7.31. The number of amides is 1. The molecule has 0 aliphatic heterocycles. The number of nitrogens with one attached hydrogen (secondary N) is 1. The van der Waals surface area contributed by atoms with Gasteiger partial charge in [-0.15, -0.1) is 0 Å². The number of aromatic carboxylic acids is 1. The summed E-state index contributed by atoms with van der Waals surface area (Å²) in [5, 5.41) is 12.9. The Morgan fingerprint density at radius 2 is 1.93 bits per heavy atom. The van der Waals surface area contributed by atoms with Gasteiger partial charge >= 0.3 is 11.7 Å². The maximum Gasteiger partial charge on any atom is 0.336 e. The number of aromatic nitrogens is 4. The molecule has 1 amide bonds. The summed E-state index contributed by atoms with van der Waals surface area (Å²) in [6.07, 6.45) is 2.50. The first-order chi connectivity index (χ1) is 13.3. The third kappa shape index (κ3) is 3.32. The van der Waals surface area contributed by atoms with Gasteiger partial charge in [-0.1, -0.05) is 18.2 Å². The van der Waals surface area contributed by atoms with Crippen LogP contribution < -0.4 is 16.7 Å². The molecule has 2 aromatic heterocycles. The first kappa shape index (κ1) is 18.8. The summed E-state index contributed by atoms with van der Waals surface area (Å²) in [5.41, 5.74) is 1.84. The molecular weight excluding hydrogens is 368 g/mol. The van der Waals surface area contributed by atoms with Gasteiger partial charge in [-0.25, -0.2) is 20.0 Å². The Balaban J connectivity index is 1.81. The molecule has 2 N–H and O–H groups in total. The molecule has 0 aliphatic carbocycles. The van der Waals surface area contributed by atoms with Crippen LogP contribution in [0, 0.1) is 0 Å². The number of carboxylic acid groups (broad SMARTS) is 1. The molecule has 0 radical (unpaired) electrons. The summed E-state index contributed by atoms with van der Waals surface area (Å²) in [5.74, 6) is -1.67. The van der Waals surface area contributed by atoms with Crippen molar-refractivity contribution in [2.24, 2.45) is 19.2 Å². The molecule has 2 heterocycles. The number of imidazole rings is 1. The topological polar surface area (TPSA) is 141 Å². The largest absolute Gasteiger partial charge is 0.478 e. The highest BCUT2D eigenvalue weighted by atomic mass is 16.4. The number of fused-ring (bicyclic) bond motifs is 1. The van der Waals surface area contributed by atoms with E-state index in [0.29, 0.717) is 5.56 Å². The van der Waals surface area contributed by atoms with E-state index in [-0.39, 0.29) is 23.3 Å². The van der Waals surface area contributed by atoms with E-state index in [4.69, 9.17) is 5.11 Å². The Hall–Kier alpha value is -4.02. The number of nitrogens with zero attached hydrogens (tertiary/aromatic N) is 5. The van der Waals surface area contributed by atoms with Crippen LogP contribution in [0.3, 0.4) is 0 Å². The lowest BCUT2D eigenvalue weighted by atomic mass is 10.1. The molecule has 3 aromatic rings. The lowest BCUT2D eigenvalue weighted by Gasteiger charge is -2.06. The standard InChI is InChI=1S/C17H16N6O5/c1-21-14-13(15(25)22(2)17(21)28)23(9-18-14)8-12(24)20-19-7-10-5-3-4-6-11(10)16(26)27/h3-7,9H,8H2,1-2H3,(H,20,24)(H,26,27)/b19-7+. The fourth-order valence-electron chi connectivity index (χ4n) is 2.69. The van der Waals surface area contributed by atoms with Gasteiger partial charge in [0.15, 0.2) is 11.2 Å². The van der Waals surface area contributed by atoms with Crippen LogP contribution in [0.5, 0.6) is 0 Å². The molecule has 0 aliphatic rings. The Morgan fingerprint density at radius 1 is 1.21 bits per heavy atom. The molecule has 144 valence electrons. The highest BCUT2D eigenvalue weighted by Gasteiger charge is 2.15. The molecule has 11 nitrogen and oxygen atoms in total. The summed E-state index contributed by atoms with van der Waals surface area (Å²) >= 11 is 0. The number of hydrazone groups is 1. The number of aryl methyl sites for hydroxylation is 1. The van der Waals surface area contributed by atoms with Gasteiger partial charge < -0.3 is 9.67 Å². The van der Waals surface area contributed by atoms with Crippen molar-refractivity contribution in [1.82, 2.24) is 24.1 Å². The smallest absolute Gasteiger partial charge is 0.336 e. The zero-order chi connectivity index (χ0) is 20.4. The fraction of sp³-hybridized carbons (Fsp3) is 0.176. The monoisotopic (exact) mass is 384 g/mol. The van der Waals surface area contributed by atoms with E-state index in [1.807, 2.05) is 0 Å². The van der Waals surface area contributed by atoms with Crippen molar-refractivity contribution in [2.75, 3.05) is 0 Å². The highest BCUT2D eigenvalue weighted by Crippen LogP contribution is 2.06. The molecule has 0 unspecified atom stereocenters. The van der Waals surface area contributed by atoms with Crippen molar-refractivity contribution < 1.29 is 14.7 Å². The molecule has 3 rings (SSSR count). The lowest BCUT2D eigenvalue weighted by molar-refractivity contribution is -0.121.